The fourth-order valence-corrected chi connectivity index (χ4v) is 2.05. The quantitative estimate of drug-likeness (QED) is 0.833. The molecule has 21 heavy (non-hydrogen) atoms. The van der Waals surface area contributed by atoms with Crippen molar-refractivity contribution in [3.05, 3.63) is 70.7 Å². The van der Waals surface area contributed by atoms with Crippen molar-refractivity contribution < 1.29 is 9.53 Å². The monoisotopic (exact) mass is 303 g/mol. The van der Waals surface area contributed by atoms with Crippen LogP contribution in [0.2, 0.25) is 5.02 Å². The molecule has 110 valence electrons. The van der Waals surface area contributed by atoms with Crippen LogP contribution in [0.1, 0.15) is 17.5 Å². The molecule has 1 atom stereocenters. The molecule has 0 spiro atoms. The van der Waals surface area contributed by atoms with E-state index < -0.39 is 6.04 Å². The molecule has 0 heterocycles. The molecule has 2 aromatic rings. The minimum absolute atomic E-state index is 0.217. The number of benzene rings is 2. The van der Waals surface area contributed by atoms with Crippen LogP contribution in [-0.4, -0.2) is 12.0 Å². The molecule has 0 unspecified atom stereocenters. The third-order valence-corrected chi connectivity index (χ3v) is 3.44. The third-order valence-electron chi connectivity index (χ3n) is 3.18. The van der Waals surface area contributed by atoms with Crippen LogP contribution in [-0.2, 0) is 22.6 Å². The first-order chi connectivity index (χ1) is 10.1. The summed E-state index contributed by atoms with van der Waals surface area (Å²) in [5.41, 5.74) is 7.91. The highest BCUT2D eigenvalue weighted by molar-refractivity contribution is 6.30. The van der Waals surface area contributed by atoms with Gasteiger partial charge in [0.25, 0.3) is 0 Å². The summed E-state index contributed by atoms with van der Waals surface area (Å²) in [6.07, 6.45) is 1.33. The predicted molar refractivity (Wildman–Crippen MR) is 84.0 cm³/mol. The van der Waals surface area contributed by atoms with Crippen molar-refractivity contribution in [2.24, 2.45) is 5.73 Å². The van der Waals surface area contributed by atoms with E-state index in [9.17, 15) is 4.79 Å². The SMILES string of the molecule is N[C@@H](CCc1ccccc1)C(=O)OCc1ccc(Cl)cc1. The zero-order valence-corrected chi connectivity index (χ0v) is 12.4. The lowest BCUT2D eigenvalue weighted by molar-refractivity contribution is -0.146. The maximum Gasteiger partial charge on any atom is 0.323 e. The van der Waals surface area contributed by atoms with Crippen molar-refractivity contribution in [2.45, 2.75) is 25.5 Å². The molecule has 0 saturated heterocycles. The fourth-order valence-electron chi connectivity index (χ4n) is 1.93. The van der Waals surface area contributed by atoms with Gasteiger partial charge < -0.3 is 10.5 Å². The van der Waals surface area contributed by atoms with Crippen LogP contribution in [0.5, 0.6) is 0 Å². The van der Waals surface area contributed by atoms with E-state index in [1.165, 1.54) is 5.56 Å². The average molecular weight is 304 g/mol. The van der Waals surface area contributed by atoms with Crippen molar-refractivity contribution >= 4 is 17.6 Å². The van der Waals surface area contributed by atoms with Gasteiger partial charge in [0.1, 0.15) is 12.6 Å². The molecule has 2 N–H and O–H groups in total. The van der Waals surface area contributed by atoms with E-state index >= 15 is 0 Å². The van der Waals surface area contributed by atoms with Gasteiger partial charge in [0.05, 0.1) is 0 Å². The summed E-state index contributed by atoms with van der Waals surface area (Å²) in [6.45, 7) is 0.217. The first-order valence-corrected chi connectivity index (χ1v) is 7.23. The molecule has 2 aromatic carbocycles. The van der Waals surface area contributed by atoms with Gasteiger partial charge >= 0.3 is 5.97 Å². The predicted octanol–water partition coefficient (Wildman–Crippen LogP) is 3.34. The molecular formula is C17H18ClNO2. The van der Waals surface area contributed by atoms with Gasteiger partial charge in [-0.3, -0.25) is 4.79 Å². The molecule has 0 aliphatic heterocycles. The van der Waals surface area contributed by atoms with Crippen molar-refractivity contribution in [1.29, 1.82) is 0 Å². The van der Waals surface area contributed by atoms with Crippen LogP contribution in [0.15, 0.2) is 54.6 Å². The van der Waals surface area contributed by atoms with Crippen molar-refractivity contribution in [2.75, 3.05) is 0 Å². The topological polar surface area (TPSA) is 52.3 Å². The number of nitrogens with two attached hydrogens (primary N) is 1. The molecule has 4 heteroatoms. The van der Waals surface area contributed by atoms with Crippen LogP contribution in [0.25, 0.3) is 0 Å². The van der Waals surface area contributed by atoms with Crippen LogP contribution >= 0.6 is 11.6 Å². The van der Waals surface area contributed by atoms with E-state index in [-0.39, 0.29) is 12.6 Å². The number of carbonyl (C=O) groups is 1. The Morgan fingerprint density at radius 1 is 1.05 bits per heavy atom. The van der Waals surface area contributed by atoms with Gasteiger partial charge in [0.15, 0.2) is 0 Å². The Labute approximate surface area is 129 Å². The standard InChI is InChI=1S/C17H18ClNO2/c18-15-9-6-14(7-10-15)12-21-17(20)16(19)11-8-13-4-2-1-3-5-13/h1-7,9-10,16H,8,11-12,19H2/t16-/m0/s1. The van der Waals surface area contributed by atoms with E-state index in [2.05, 4.69) is 0 Å². The van der Waals surface area contributed by atoms with Gasteiger partial charge in [-0.05, 0) is 36.1 Å². The molecule has 0 aliphatic carbocycles. The average Bonchev–Trinajstić information content (AvgIpc) is 2.52. The van der Waals surface area contributed by atoms with Crippen LogP contribution < -0.4 is 5.73 Å². The number of aryl methyl sites for hydroxylation is 1. The number of esters is 1. The first-order valence-electron chi connectivity index (χ1n) is 6.86. The zero-order chi connectivity index (χ0) is 15.1. The molecule has 2 rings (SSSR count). The number of rotatable bonds is 6. The Hall–Kier alpha value is -1.84. The minimum Gasteiger partial charge on any atom is -0.460 e. The van der Waals surface area contributed by atoms with Gasteiger partial charge in [-0.1, -0.05) is 54.1 Å². The highest BCUT2D eigenvalue weighted by Crippen LogP contribution is 2.11. The van der Waals surface area contributed by atoms with Crippen molar-refractivity contribution in [3.8, 4) is 0 Å². The Morgan fingerprint density at radius 2 is 1.71 bits per heavy atom. The van der Waals surface area contributed by atoms with Crippen molar-refractivity contribution in [1.82, 2.24) is 0 Å². The molecule has 0 radical (unpaired) electrons. The zero-order valence-electron chi connectivity index (χ0n) is 11.7. The van der Waals surface area contributed by atoms with Crippen LogP contribution in [0, 0.1) is 0 Å². The van der Waals surface area contributed by atoms with E-state index in [4.69, 9.17) is 22.1 Å². The smallest absolute Gasteiger partial charge is 0.323 e. The van der Waals surface area contributed by atoms with E-state index in [0.29, 0.717) is 11.4 Å². The van der Waals surface area contributed by atoms with Crippen LogP contribution in [0.3, 0.4) is 0 Å². The Balaban J connectivity index is 1.76. The fraction of sp³-hybridized carbons (Fsp3) is 0.235. The molecule has 0 aromatic heterocycles. The molecule has 3 nitrogen and oxygen atoms in total. The molecule has 0 amide bonds. The number of carbonyl (C=O) groups excluding carboxylic acids is 1. The molecule has 0 bridgehead atoms. The lowest BCUT2D eigenvalue weighted by Crippen LogP contribution is -2.32. The lowest BCUT2D eigenvalue weighted by Gasteiger charge is -2.11. The summed E-state index contributed by atoms with van der Waals surface area (Å²) < 4.78 is 5.21. The normalized spacial score (nSPS) is 11.9. The number of halogens is 1. The molecule has 0 aliphatic rings. The van der Waals surface area contributed by atoms with Gasteiger partial charge in [-0.2, -0.15) is 0 Å². The van der Waals surface area contributed by atoms with Gasteiger partial charge in [-0.15, -0.1) is 0 Å². The summed E-state index contributed by atoms with van der Waals surface area (Å²) in [7, 11) is 0. The maximum absolute atomic E-state index is 11.8. The largest absolute Gasteiger partial charge is 0.460 e. The van der Waals surface area contributed by atoms with Gasteiger partial charge in [0, 0.05) is 5.02 Å². The Kier molecular flexibility index (Phi) is 5.78. The van der Waals surface area contributed by atoms with E-state index in [0.717, 1.165) is 12.0 Å². The van der Waals surface area contributed by atoms with E-state index in [1.54, 1.807) is 12.1 Å². The van der Waals surface area contributed by atoms with Crippen LogP contribution in [0.4, 0.5) is 0 Å². The summed E-state index contributed by atoms with van der Waals surface area (Å²) in [4.78, 5) is 11.8. The number of ether oxygens (including phenoxy) is 1. The second-order valence-corrected chi connectivity index (χ2v) is 5.30. The summed E-state index contributed by atoms with van der Waals surface area (Å²) >= 11 is 5.80. The molecule has 0 saturated carbocycles. The number of hydrogen-bond donors (Lipinski definition) is 1. The number of hydrogen-bond acceptors (Lipinski definition) is 3. The summed E-state index contributed by atoms with van der Waals surface area (Å²) in [5.74, 6) is -0.374. The van der Waals surface area contributed by atoms with Gasteiger partial charge in [0.2, 0.25) is 0 Å². The lowest BCUT2D eigenvalue weighted by atomic mass is 10.1. The Bertz CT molecular complexity index is 569. The van der Waals surface area contributed by atoms with Gasteiger partial charge in [-0.25, -0.2) is 0 Å². The Morgan fingerprint density at radius 3 is 2.38 bits per heavy atom. The molecule has 0 fully saturated rings. The van der Waals surface area contributed by atoms with Crippen molar-refractivity contribution in [3.63, 3.8) is 0 Å². The third kappa shape index (κ3) is 5.21. The molecular weight excluding hydrogens is 286 g/mol. The first kappa shape index (κ1) is 15.5. The van der Waals surface area contributed by atoms with E-state index in [1.807, 2.05) is 42.5 Å². The maximum atomic E-state index is 11.8. The summed E-state index contributed by atoms with van der Waals surface area (Å²) in [5, 5.41) is 0.657. The highest BCUT2D eigenvalue weighted by atomic mass is 35.5. The summed E-state index contributed by atoms with van der Waals surface area (Å²) in [6, 6.07) is 16.5. The second-order valence-electron chi connectivity index (χ2n) is 4.86. The highest BCUT2D eigenvalue weighted by Gasteiger charge is 2.15. The second kappa shape index (κ2) is 7.81. The minimum atomic E-state index is -0.600.